The number of hydrogen-bond acceptors (Lipinski definition) is 6. The number of nitrogens with zero attached hydrogens (tertiary/aromatic N) is 3. The number of halogens is 1. The van der Waals surface area contributed by atoms with Crippen molar-refractivity contribution in [2.75, 3.05) is 0 Å². The molecule has 0 spiro atoms. The maximum absolute atomic E-state index is 13.0. The Morgan fingerprint density at radius 1 is 1.43 bits per heavy atom. The fraction of sp³-hybridized carbons (Fsp3) is 0.250. The lowest BCUT2D eigenvalue weighted by Crippen LogP contribution is -1.95. The fourth-order valence-corrected chi connectivity index (χ4v) is 1.69. The Morgan fingerprint density at radius 3 is 2.86 bits per heavy atom. The maximum Gasteiger partial charge on any atom is 0.303 e. The molecule has 8 nitrogen and oxygen atoms in total. The molecule has 2 rings (SSSR count). The molecule has 0 saturated carbocycles. The first-order valence-electron chi connectivity index (χ1n) is 5.96. The predicted octanol–water partition coefficient (Wildman–Crippen LogP) is 2.19. The van der Waals surface area contributed by atoms with E-state index in [1.165, 1.54) is 6.07 Å². The van der Waals surface area contributed by atoms with E-state index in [1.54, 1.807) is 0 Å². The number of hydrogen-bond donors (Lipinski definition) is 1. The summed E-state index contributed by atoms with van der Waals surface area (Å²) in [5.74, 6) is -1.62. The zero-order chi connectivity index (χ0) is 15.4. The van der Waals surface area contributed by atoms with Gasteiger partial charge in [0.2, 0.25) is 5.89 Å². The lowest BCUT2D eigenvalue weighted by molar-refractivity contribution is -0.384. The lowest BCUT2D eigenvalue weighted by Gasteiger charge is -1.98. The third-order valence-electron chi connectivity index (χ3n) is 2.64. The van der Waals surface area contributed by atoms with Gasteiger partial charge in [0.05, 0.1) is 11.0 Å². The van der Waals surface area contributed by atoms with Crippen LogP contribution in [0.5, 0.6) is 0 Å². The van der Waals surface area contributed by atoms with E-state index >= 15 is 0 Å². The van der Waals surface area contributed by atoms with E-state index in [1.807, 2.05) is 0 Å². The van der Waals surface area contributed by atoms with Gasteiger partial charge in [0.15, 0.2) is 0 Å². The molecule has 0 atom stereocenters. The second-order valence-corrected chi connectivity index (χ2v) is 4.17. The molecule has 0 unspecified atom stereocenters. The van der Waals surface area contributed by atoms with E-state index in [-0.39, 0.29) is 30.2 Å². The summed E-state index contributed by atoms with van der Waals surface area (Å²) in [7, 11) is 0. The van der Waals surface area contributed by atoms with Crippen molar-refractivity contribution >= 4 is 11.7 Å². The Labute approximate surface area is 117 Å². The summed E-state index contributed by atoms with van der Waals surface area (Å²) in [6.45, 7) is 0. The molecule has 21 heavy (non-hydrogen) atoms. The van der Waals surface area contributed by atoms with Crippen LogP contribution in [0.4, 0.5) is 10.1 Å². The van der Waals surface area contributed by atoms with Gasteiger partial charge in [-0.15, -0.1) is 10.2 Å². The van der Waals surface area contributed by atoms with E-state index in [0.717, 1.165) is 12.1 Å². The lowest BCUT2D eigenvalue weighted by atomic mass is 10.2. The highest BCUT2D eigenvalue weighted by molar-refractivity contribution is 5.67. The van der Waals surface area contributed by atoms with Gasteiger partial charge in [-0.25, -0.2) is 4.39 Å². The number of carboxylic acids is 1. The molecule has 0 saturated heterocycles. The van der Waals surface area contributed by atoms with E-state index in [2.05, 4.69) is 10.2 Å². The minimum Gasteiger partial charge on any atom is -0.481 e. The molecular weight excluding hydrogens is 285 g/mol. The summed E-state index contributed by atoms with van der Waals surface area (Å²) < 4.78 is 18.3. The molecule has 0 fully saturated rings. The number of nitro benzene ring substituents is 1. The normalized spacial score (nSPS) is 10.5. The van der Waals surface area contributed by atoms with Gasteiger partial charge < -0.3 is 9.52 Å². The molecule has 0 amide bonds. The van der Waals surface area contributed by atoms with Crippen LogP contribution in [0.15, 0.2) is 22.6 Å². The molecule has 0 radical (unpaired) electrons. The number of aryl methyl sites for hydroxylation is 1. The van der Waals surface area contributed by atoms with E-state index in [9.17, 15) is 19.3 Å². The molecular formula is C12H10FN3O5. The van der Waals surface area contributed by atoms with Crippen LogP contribution >= 0.6 is 0 Å². The molecule has 110 valence electrons. The smallest absolute Gasteiger partial charge is 0.303 e. The SMILES string of the molecule is O=C(O)CCCc1nnc(-c2ccc(F)cc2[N+](=O)[O-])o1. The number of aliphatic carboxylic acids is 1. The van der Waals surface area contributed by atoms with Crippen LogP contribution in [0.1, 0.15) is 18.7 Å². The van der Waals surface area contributed by atoms with Gasteiger partial charge >= 0.3 is 5.97 Å². The standard InChI is InChI=1S/C12H10FN3O5/c13-7-4-5-8(9(6-7)16(19)20)12-15-14-10(21-12)2-1-3-11(17)18/h4-6H,1-3H2,(H,17,18). The average molecular weight is 295 g/mol. The summed E-state index contributed by atoms with van der Waals surface area (Å²) >= 11 is 0. The van der Waals surface area contributed by atoms with Crippen LogP contribution in [0.25, 0.3) is 11.5 Å². The van der Waals surface area contributed by atoms with Gasteiger partial charge in [-0.05, 0) is 18.6 Å². The molecule has 0 aliphatic rings. The highest BCUT2D eigenvalue weighted by Gasteiger charge is 2.21. The van der Waals surface area contributed by atoms with Crippen molar-refractivity contribution in [3.05, 3.63) is 40.0 Å². The average Bonchev–Trinajstić information content (AvgIpc) is 2.86. The third kappa shape index (κ3) is 3.59. The monoisotopic (exact) mass is 295 g/mol. The van der Waals surface area contributed by atoms with Crippen molar-refractivity contribution in [3.8, 4) is 11.5 Å². The van der Waals surface area contributed by atoms with Crippen molar-refractivity contribution in [2.24, 2.45) is 0 Å². The maximum atomic E-state index is 13.0. The first-order chi connectivity index (χ1) is 9.97. The van der Waals surface area contributed by atoms with Gasteiger partial charge in [0.1, 0.15) is 11.4 Å². The van der Waals surface area contributed by atoms with Crippen LogP contribution < -0.4 is 0 Å². The molecule has 1 N–H and O–H groups in total. The highest BCUT2D eigenvalue weighted by Crippen LogP contribution is 2.29. The zero-order valence-electron chi connectivity index (χ0n) is 10.7. The van der Waals surface area contributed by atoms with E-state index < -0.39 is 22.4 Å². The summed E-state index contributed by atoms with van der Waals surface area (Å²) in [4.78, 5) is 20.5. The van der Waals surface area contributed by atoms with Gasteiger partial charge in [0.25, 0.3) is 11.6 Å². The molecule has 9 heteroatoms. The van der Waals surface area contributed by atoms with E-state index in [4.69, 9.17) is 9.52 Å². The summed E-state index contributed by atoms with van der Waals surface area (Å²) in [5.41, 5.74) is -0.464. The Bertz CT molecular complexity index is 685. The molecule has 0 bridgehead atoms. The first-order valence-corrected chi connectivity index (χ1v) is 5.96. The van der Waals surface area contributed by atoms with Crippen molar-refractivity contribution in [1.82, 2.24) is 10.2 Å². The quantitative estimate of drug-likeness (QED) is 0.640. The van der Waals surface area contributed by atoms with Crippen LogP contribution in [0.2, 0.25) is 0 Å². The molecule has 0 aliphatic heterocycles. The summed E-state index contributed by atoms with van der Waals surface area (Å²) in [6.07, 6.45) is 0.505. The van der Waals surface area contributed by atoms with Crippen LogP contribution in [-0.2, 0) is 11.2 Å². The van der Waals surface area contributed by atoms with Gasteiger partial charge in [-0.1, -0.05) is 0 Å². The Hall–Kier alpha value is -2.84. The van der Waals surface area contributed by atoms with Crippen molar-refractivity contribution < 1.29 is 23.6 Å². The number of nitro groups is 1. The molecule has 1 aromatic heterocycles. The second kappa shape index (κ2) is 6.07. The van der Waals surface area contributed by atoms with Crippen molar-refractivity contribution in [3.63, 3.8) is 0 Å². The summed E-state index contributed by atoms with van der Waals surface area (Å²) in [6, 6.07) is 3.00. The largest absolute Gasteiger partial charge is 0.481 e. The van der Waals surface area contributed by atoms with Gasteiger partial charge in [0, 0.05) is 12.8 Å². The minimum atomic E-state index is -0.941. The second-order valence-electron chi connectivity index (χ2n) is 4.17. The third-order valence-corrected chi connectivity index (χ3v) is 2.64. The Kier molecular flexibility index (Phi) is 4.21. The molecule has 0 aliphatic carbocycles. The van der Waals surface area contributed by atoms with Crippen molar-refractivity contribution in [2.45, 2.75) is 19.3 Å². The van der Waals surface area contributed by atoms with Gasteiger partial charge in [-0.2, -0.15) is 0 Å². The Balaban J connectivity index is 2.21. The Morgan fingerprint density at radius 2 is 2.19 bits per heavy atom. The van der Waals surface area contributed by atoms with Crippen LogP contribution in [0.3, 0.4) is 0 Å². The number of benzene rings is 1. The number of carboxylic acid groups (broad SMARTS) is 1. The minimum absolute atomic E-state index is 0.0124. The zero-order valence-corrected chi connectivity index (χ0v) is 10.7. The van der Waals surface area contributed by atoms with Gasteiger partial charge in [-0.3, -0.25) is 14.9 Å². The number of rotatable bonds is 6. The molecule has 1 aromatic carbocycles. The molecule has 2 aromatic rings. The number of aromatic nitrogens is 2. The molecule has 1 heterocycles. The topological polar surface area (TPSA) is 119 Å². The number of carbonyl (C=O) groups is 1. The summed E-state index contributed by atoms with van der Waals surface area (Å²) in [5, 5.41) is 26.8. The predicted molar refractivity (Wildman–Crippen MR) is 66.9 cm³/mol. The highest BCUT2D eigenvalue weighted by atomic mass is 19.1. The van der Waals surface area contributed by atoms with Crippen LogP contribution in [0, 0.1) is 15.9 Å². The van der Waals surface area contributed by atoms with Crippen molar-refractivity contribution in [1.29, 1.82) is 0 Å². The van der Waals surface area contributed by atoms with E-state index in [0.29, 0.717) is 6.42 Å². The fourth-order valence-electron chi connectivity index (χ4n) is 1.69. The first kappa shape index (κ1) is 14.6. The van der Waals surface area contributed by atoms with Crippen LogP contribution in [-0.4, -0.2) is 26.2 Å².